The second-order valence-corrected chi connectivity index (χ2v) is 6.55. The van der Waals surface area contributed by atoms with Crippen molar-refractivity contribution in [2.45, 2.75) is 12.8 Å². The van der Waals surface area contributed by atoms with Gasteiger partial charge in [-0.1, -0.05) is 6.07 Å². The molecule has 140 valence electrons. The van der Waals surface area contributed by atoms with E-state index in [4.69, 9.17) is 9.47 Å². The van der Waals surface area contributed by atoms with E-state index in [1.54, 1.807) is 37.6 Å². The fraction of sp³-hybridized carbons (Fsp3) is 0.368. The van der Waals surface area contributed by atoms with Gasteiger partial charge in [0.15, 0.2) is 11.5 Å². The van der Waals surface area contributed by atoms with Crippen molar-refractivity contribution in [2.24, 2.45) is 0 Å². The van der Waals surface area contributed by atoms with Crippen molar-refractivity contribution in [3.63, 3.8) is 0 Å². The fourth-order valence-corrected chi connectivity index (χ4v) is 3.06. The number of amides is 2. The lowest BCUT2D eigenvalue weighted by atomic mass is 10.1. The van der Waals surface area contributed by atoms with Crippen molar-refractivity contribution in [1.82, 2.24) is 10.2 Å². The molecule has 1 aromatic carbocycles. The Morgan fingerprint density at radius 1 is 1.15 bits per heavy atom. The van der Waals surface area contributed by atoms with Crippen molar-refractivity contribution in [3.8, 4) is 11.5 Å². The number of ether oxygens (including phenoxy) is 2. The molecule has 1 N–H and O–H groups in total. The maximum Gasteiger partial charge on any atom is 0.252 e. The van der Waals surface area contributed by atoms with E-state index in [0.29, 0.717) is 36.6 Å². The normalized spacial score (nSPS) is 10.3. The SMILES string of the molecule is COc1ccc(CCN(C)C(=O)CCNC(=O)c2ccsc2)cc1OC. The van der Waals surface area contributed by atoms with Crippen molar-refractivity contribution in [1.29, 1.82) is 0 Å². The van der Waals surface area contributed by atoms with Crippen LogP contribution in [0.4, 0.5) is 0 Å². The third kappa shape index (κ3) is 5.49. The highest BCUT2D eigenvalue weighted by molar-refractivity contribution is 7.08. The minimum absolute atomic E-state index is 0.00362. The molecular weight excluding hydrogens is 352 g/mol. The van der Waals surface area contributed by atoms with Gasteiger partial charge < -0.3 is 19.7 Å². The highest BCUT2D eigenvalue weighted by atomic mass is 32.1. The standard InChI is InChI=1S/C19H24N2O4S/c1-21(10-7-14-4-5-16(24-2)17(12-14)25-3)18(22)6-9-20-19(23)15-8-11-26-13-15/h4-5,8,11-13H,6-7,9-10H2,1-3H3,(H,20,23). The largest absolute Gasteiger partial charge is 0.493 e. The average molecular weight is 376 g/mol. The van der Waals surface area contributed by atoms with Gasteiger partial charge in [-0.2, -0.15) is 11.3 Å². The summed E-state index contributed by atoms with van der Waals surface area (Å²) in [6, 6.07) is 7.49. The molecule has 0 aliphatic carbocycles. The van der Waals surface area contributed by atoms with E-state index in [2.05, 4.69) is 5.32 Å². The predicted octanol–water partition coefficient (Wildman–Crippen LogP) is 2.59. The number of hydrogen-bond donors (Lipinski definition) is 1. The summed E-state index contributed by atoms with van der Waals surface area (Å²) in [7, 11) is 4.96. The van der Waals surface area contributed by atoms with Gasteiger partial charge in [-0.25, -0.2) is 0 Å². The molecule has 0 aliphatic heterocycles. The van der Waals surface area contributed by atoms with Crippen molar-refractivity contribution in [2.75, 3.05) is 34.4 Å². The number of carbonyl (C=O) groups is 2. The number of carbonyl (C=O) groups excluding carboxylic acids is 2. The second-order valence-electron chi connectivity index (χ2n) is 5.77. The van der Waals surface area contributed by atoms with E-state index in [1.165, 1.54) is 11.3 Å². The van der Waals surface area contributed by atoms with Gasteiger partial charge in [0.25, 0.3) is 5.91 Å². The van der Waals surface area contributed by atoms with Gasteiger partial charge in [0, 0.05) is 37.5 Å². The summed E-state index contributed by atoms with van der Waals surface area (Å²) in [6.07, 6.45) is 0.988. The third-order valence-electron chi connectivity index (χ3n) is 4.02. The molecule has 7 heteroatoms. The van der Waals surface area contributed by atoms with Crippen LogP contribution in [0, 0.1) is 0 Å². The molecule has 2 aromatic rings. The van der Waals surface area contributed by atoms with Gasteiger partial charge in [0.05, 0.1) is 14.2 Å². The molecule has 0 spiro atoms. The van der Waals surface area contributed by atoms with Crippen LogP contribution in [-0.4, -0.2) is 51.1 Å². The van der Waals surface area contributed by atoms with E-state index in [0.717, 1.165) is 5.56 Å². The van der Waals surface area contributed by atoms with Crippen LogP contribution in [0.2, 0.25) is 0 Å². The van der Waals surface area contributed by atoms with Crippen LogP contribution in [0.15, 0.2) is 35.0 Å². The van der Waals surface area contributed by atoms with Gasteiger partial charge in [-0.05, 0) is 35.6 Å². The zero-order valence-corrected chi connectivity index (χ0v) is 16.1. The first-order valence-corrected chi connectivity index (χ1v) is 9.24. The zero-order valence-electron chi connectivity index (χ0n) is 15.3. The van der Waals surface area contributed by atoms with E-state index in [-0.39, 0.29) is 18.2 Å². The van der Waals surface area contributed by atoms with Gasteiger partial charge in [-0.15, -0.1) is 0 Å². The van der Waals surface area contributed by atoms with Crippen molar-refractivity contribution < 1.29 is 19.1 Å². The Labute approximate surface area is 157 Å². The minimum Gasteiger partial charge on any atom is -0.493 e. The number of thiophene rings is 1. The molecule has 1 aromatic heterocycles. The van der Waals surface area contributed by atoms with Crippen LogP contribution in [0.5, 0.6) is 11.5 Å². The van der Waals surface area contributed by atoms with E-state index < -0.39 is 0 Å². The number of benzene rings is 1. The first-order valence-electron chi connectivity index (χ1n) is 8.30. The van der Waals surface area contributed by atoms with E-state index >= 15 is 0 Å². The van der Waals surface area contributed by atoms with Crippen LogP contribution >= 0.6 is 11.3 Å². The summed E-state index contributed by atoms with van der Waals surface area (Å²) in [5, 5.41) is 6.40. The molecule has 2 rings (SSSR count). The Kier molecular flexibility index (Phi) is 7.47. The van der Waals surface area contributed by atoms with Crippen LogP contribution in [-0.2, 0) is 11.2 Å². The lowest BCUT2D eigenvalue weighted by molar-refractivity contribution is -0.129. The summed E-state index contributed by atoms with van der Waals surface area (Å²) in [6.45, 7) is 0.918. The molecule has 0 atom stereocenters. The summed E-state index contributed by atoms with van der Waals surface area (Å²) < 4.78 is 10.5. The van der Waals surface area contributed by atoms with Gasteiger partial charge in [-0.3, -0.25) is 9.59 Å². The van der Waals surface area contributed by atoms with Gasteiger partial charge in [0.2, 0.25) is 5.91 Å². The van der Waals surface area contributed by atoms with Crippen LogP contribution in [0.25, 0.3) is 0 Å². The predicted molar refractivity (Wildman–Crippen MR) is 102 cm³/mol. The van der Waals surface area contributed by atoms with Crippen molar-refractivity contribution >= 4 is 23.2 Å². The molecule has 2 amide bonds. The second kappa shape index (κ2) is 9.82. The van der Waals surface area contributed by atoms with Crippen molar-refractivity contribution in [3.05, 3.63) is 46.2 Å². The molecule has 0 unspecified atom stereocenters. The smallest absolute Gasteiger partial charge is 0.252 e. The highest BCUT2D eigenvalue weighted by Crippen LogP contribution is 2.27. The van der Waals surface area contributed by atoms with Crippen LogP contribution in [0.3, 0.4) is 0 Å². The molecule has 1 heterocycles. The molecule has 0 saturated carbocycles. The fourth-order valence-electron chi connectivity index (χ4n) is 2.43. The highest BCUT2D eigenvalue weighted by Gasteiger charge is 2.11. The first kappa shape index (κ1) is 19.8. The zero-order chi connectivity index (χ0) is 18.9. The number of likely N-dealkylation sites (N-methyl/N-ethyl adjacent to an activating group) is 1. The number of nitrogens with zero attached hydrogens (tertiary/aromatic N) is 1. The minimum atomic E-state index is -0.146. The molecule has 6 nitrogen and oxygen atoms in total. The monoisotopic (exact) mass is 376 g/mol. The van der Waals surface area contributed by atoms with Crippen LogP contribution < -0.4 is 14.8 Å². The van der Waals surface area contributed by atoms with E-state index in [1.807, 2.05) is 23.6 Å². The Hall–Kier alpha value is -2.54. The summed E-state index contributed by atoms with van der Waals surface area (Å²) in [5.74, 6) is 1.21. The Bertz CT molecular complexity index is 731. The Morgan fingerprint density at radius 2 is 1.92 bits per heavy atom. The summed E-state index contributed by atoms with van der Waals surface area (Å²) in [5.41, 5.74) is 1.69. The lowest BCUT2D eigenvalue weighted by Gasteiger charge is -2.18. The quantitative estimate of drug-likeness (QED) is 0.730. The third-order valence-corrected chi connectivity index (χ3v) is 4.70. The molecule has 0 aliphatic rings. The summed E-state index contributed by atoms with van der Waals surface area (Å²) in [4.78, 5) is 25.7. The average Bonchev–Trinajstić information content (AvgIpc) is 3.20. The number of nitrogens with one attached hydrogen (secondary N) is 1. The maximum absolute atomic E-state index is 12.2. The molecule has 0 radical (unpaired) electrons. The number of rotatable bonds is 9. The first-order chi connectivity index (χ1) is 12.5. The van der Waals surface area contributed by atoms with Gasteiger partial charge >= 0.3 is 0 Å². The molecule has 26 heavy (non-hydrogen) atoms. The number of methoxy groups -OCH3 is 2. The molecular formula is C19H24N2O4S. The molecule has 0 bridgehead atoms. The number of hydrogen-bond acceptors (Lipinski definition) is 5. The topological polar surface area (TPSA) is 67.9 Å². The van der Waals surface area contributed by atoms with Gasteiger partial charge in [0.1, 0.15) is 0 Å². The van der Waals surface area contributed by atoms with Crippen LogP contribution in [0.1, 0.15) is 22.3 Å². The van der Waals surface area contributed by atoms with E-state index in [9.17, 15) is 9.59 Å². The maximum atomic E-state index is 12.2. The lowest BCUT2D eigenvalue weighted by Crippen LogP contribution is -2.33. The summed E-state index contributed by atoms with van der Waals surface area (Å²) >= 11 is 1.47. The Balaban J connectivity index is 1.75. The molecule has 0 saturated heterocycles. The molecule has 0 fully saturated rings. The Morgan fingerprint density at radius 3 is 2.58 bits per heavy atom.